The second-order valence-corrected chi connectivity index (χ2v) is 6.53. The summed E-state index contributed by atoms with van der Waals surface area (Å²) in [7, 11) is 3.71. The van der Waals surface area contributed by atoms with Gasteiger partial charge in [-0.1, -0.05) is 30.3 Å². The molecule has 2 atom stereocenters. The first-order chi connectivity index (χ1) is 12.0. The predicted molar refractivity (Wildman–Crippen MR) is 112 cm³/mol. The van der Waals surface area contributed by atoms with Crippen molar-refractivity contribution >= 4 is 36.5 Å². The third-order valence-electron chi connectivity index (χ3n) is 4.68. The molecule has 3 N–H and O–H groups in total. The van der Waals surface area contributed by atoms with E-state index in [4.69, 9.17) is 0 Å². The van der Waals surface area contributed by atoms with Gasteiger partial charge in [-0.05, 0) is 30.7 Å². The Hall–Kier alpha value is -1.86. The Balaban J connectivity index is 0.00000182. The molecule has 0 spiro atoms. The zero-order valence-corrected chi connectivity index (χ0v) is 17.0. The molecule has 1 aliphatic heterocycles. The number of hydrogen-bond acceptors (Lipinski definition) is 5. The highest BCUT2D eigenvalue weighted by molar-refractivity contribution is 5.99. The number of carbonyl (C=O) groups excluding carboxylic acids is 1. The lowest BCUT2D eigenvalue weighted by Gasteiger charge is -2.43. The van der Waals surface area contributed by atoms with Crippen molar-refractivity contribution in [1.82, 2.24) is 15.6 Å². The third kappa shape index (κ3) is 4.71. The number of halogens is 2. The van der Waals surface area contributed by atoms with Crippen molar-refractivity contribution in [3.63, 3.8) is 0 Å². The number of aromatic nitrogens is 1. The summed E-state index contributed by atoms with van der Waals surface area (Å²) in [5.74, 6) is 0.369. The normalized spacial score (nSPS) is 21.4. The summed E-state index contributed by atoms with van der Waals surface area (Å²) in [6.07, 6.45) is 1.56. The van der Waals surface area contributed by atoms with Crippen molar-refractivity contribution in [3.8, 4) is 0 Å². The number of benzene rings is 1. The molecule has 1 saturated heterocycles. The molecule has 0 unspecified atom stereocenters. The molecule has 1 fully saturated rings. The van der Waals surface area contributed by atoms with E-state index >= 15 is 0 Å². The number of hydrogen-bond donors (Lipinski definition) is 3. The van der Waals surface area contributed by atoms with Crippen LogP contribution in [0, 0.1) is 0 Å². The average Bonchev–Trinajstić information content (AvgIpc) is 2.64. The van der Waals surface area contributed by atoms with E-state index in [-0.39, 0.29) is 30.7 Å². The largest absolute Gasteiger partial charge is 0.389 e. The van der Waals surface area contributed by atoms with Crippen LogP contribution in [0.15, 0.2) is 48.7 Å². The summed E-state index contributed by atoms with van der Waals surface area (Å²) >= 11 is 0. The molecule has 27 heavy (non-hydrogen) atoms. The summed E-state index contributed by atoms with van der Waals surface area (Å²) < 4.78 is 0. The number of anilines is 1. The lowest BCUT2D eigenvalue weighted by molar-refractivity contribution is 0.0290. The Labute approximate surface area is 172 Å². The zero-order chi connectivity index (χ0) is 17.9. The van der Waals surface area contributed by atoms with Crippen LogP contribution in [0.3, 0.4) is 0 Å². The van der Waals surface area contributed by atoms with Gasteiger partial charge in [0.25, 0.3) is 5.91 Å². The van der Waals surface area contributed by atoms with Crippen LogP contribution in [0.4, 0.5) is 5.82 Å². The SMILES string of the molecule is CN(C)c1ncccc1C(=O)N[C@]1(c2ccccc2)CCNC[C@H]1O.Cl.Cl. The van der Waals surface area contributed by atoms with E-state index in [9.17, 15) is 9.90 Å². The van der Waals surface area contributed by atoms with Crippen LogP contribution >= 0.6 is 24.8 Å². The van der Waals surface area contributed by atoms with Crippen LogP contribution in [0.5, 0.6) is 0 Å². The minimum Gasteiger partial charge on any atom is -0.389 e. The third-order valence-corrected chi connectivity index (χ3v) is 4.68. The minimum atomic E-state index is -0.816. The topological polar surface area (TPSA) is 77.5 Å². The first kappa shape index (κ1) is 23.2. The van der Waals surface area contributed by atoms with Gasteiger partial charge in [-0.25, -0.2) is 4.98 Å². The number of piperidine rings is 1. The Kier molecular flexibility index (Phi) is 8.50. The Morgan fingerprint density at radius 3 is 2.56 bits per heavy atom. The van der Waals surface area contributed by atoms with Crippen molar-refractivity contribution < 1.29 is 9.90 Å². The summed E-state index contributed by atoms with van der Waals surface area (Å²) in [6.45, 7) is 1.16. The van der Waals surface area contributed by atoms with Gasteiger partial charge in [0.05, 0.1) is 17.2 Å². The van der Waals surface area contributed by atoms with Gasteiger partial charge >= 0.3 is 0 Å². The summed E-state index contributed by atoms with van der Waals surface area (Å²) in [6, 6.07) is 13.2. The Morgan fingerprint density at radius 1 is 1.22 bits per heavy atom. The molecule has 6 nitrogen and oxygen atoms in total. The fraction of sp³-hybridized carbons (Fsp3) is 0.368. The van der Waals surface area contributed by atoms with E-state index in [0.29, 0.717) is 24.3 Å². The van der Waals surface area contributed by atoms with Crippen molar-refractivity contribution in [3.05, 3.63) is 59.8 Å². The van der Waals surface area contributed by atoms with E-state index < -0.39 is 11.6 Å². The lowest BCUT2D eigenvalue weighted by Crippen LogP contribution is -2.61. The van der Waals surface area contributed by atoms with Gasteiger partial charge in [-0.2, -0.15) is 0 Å². The van der Waals surface area contributed by atoms with Gasteiger partial charge in [-0.3, -0.25) is 4.79 Å². The molecule has 3 rings (SSSR count). The highest BCUT2D eigenvalue weighted by Gasteiger charge is 2.43. The van der Waals surface area contributed by atoms with Gasteiger partial charge in [-0.15, -0.1) is 24.8 Å². The van der Waals surface area contributed by atoms with E-state index in [0.717, 1.165) is 12.1 Å². The molecular formula is C19H26Cl2N4O2. The second kappa shape index (κ2) is 9.90. The summed E-state index contributed by atoms with van der Waals surface area (Å²) in [5, 5.41) is 17.0. The maximum atomic E-state index is 13.1. The van der Waals surface area contributed by atoms with Crippen LogP contribution in [0.2, 0.25) is 0 Å². The van der Waals surface area contributed by atoms with Gasteiger partial charge in [0.1, 0.15) is 5.82 Å². The molecule has 0 radical (unpaired) electrons. The minimum absolute atomic E-state index is 0. The van der Waals surface area contributed by atoms with Gasteiger partial charge in [0, 0.05) is 26.8 Å². The predicted octanol–water partition coefficient (Wildman–Crippen LogP) is 1.97. The molecule has 2 aromatic rings. The van der Waals surface area contributed by atoms with Crippen LogP contribution in [-0.4, -0.2) is 49.3 Å². The van der Waals surface area contributed by atoms with E-state index in [2.05, 4.69) is 15.6 Å². The van der Waals surface area contributed by atoms with Crippen LogP contribution in [0.1, 0.15) is 22.3 Å². The molecule has 8 heteroatoms. The summed E-state index contributed by atoms with van der Waals surface area (Å²) in [4.78, 5) is 19.2. The van der Waals surface area contributed by atoms with Gasteiger partial charge in [0.15, 0.2) is 0 Å². The molecule has 1 aliphatic rings. The first-order valence-electron chi connectivity index (χ1n) is 8.44. The smallest absolute Gasteiger partial charge is 0.255 e. The monoisotopic (exact) mass is 412 g/mol. The molecule has 0 bridgehead atoms. The number of carbonyl (C=O) groups is 1. The number of amides is 1. The Morgan fingerprint density at radius 2 is 1.93 bits per heavy atom. The number of nitrogens with zero attached hydrogens (tertiary/aromatic N) is 2. The number of aliphatic hydroxyl groups excluding tert-OH is 1. The van der Waals surface area contributed by atoms with Crippen LogP contribution in [-0.2, 0) is 5.54 Å². The lowest BCUT2D eigenvalue weighted by atomic mass is 9.79. The van der Waals surface area contributed by atoms with Crippen molar-refractivity contribution in [2.45, 2.75) is 18.1 Å². The van der Waals surface area contributed by atoms with Gasteiger partial charge < -0.3 is 20.6 Å². The van der Waals surface area contributed by atoms with E-state index in [1.807, 2.05) is 49.3 Å². The number of aliphatic hydroxyl groups is 1. The second-order valence-electron chi connectivity index (χ2n) is 6.53. The highest BCUT2D eigenvalue weighted by atomic mass is 35.5. The molecule has 0 aliphatic carbocycles. The molecular weight excluding hydrogens is 387 g/mol. The number of pyridine rings is 1. The number of nitrogens with one attached hydrogen (secondary N) is 2. The fourth-order valence-electron chi connectivity index (χ4n) is 3.36. The first-order valence-corrected chi connectivity index (χ1v) is 8.44. The maximum Gasteiger partial charge on any atom is 0.255 e. The van der Waals surface area contributed by atoms with Crippen molar-refractivity contribution in [2.75, 3.05) is 32.1 Å². The fourth-order valence-corrected chi connectivity index (χ4v) is 3.36. The molecule has 148 valence electrons. The molecule has 1 amide bonds. The molecule has 2 heterocycles. The van der Waals surface area contributed by atoms with E-state index in [1.54, 1.807) is 18.3 Å². The maximum absolute atomic E-state index is 13.1. The molecule has 1 aromatic heterocycles. The molecule has 0 saturated carbocycles. The molecule has 1 aromatic carbocycles. The zero-order valence-electron chi connectivity index (χ0n) is 15.4. The van der Waals surface area contributed by atoms with Gasteiger partial charge in [0.2, 0.25) is 0 Å². The van der Waals surface area contributed by atoms with Crippen molar-refractivity contribution in [2.24, 2.45) is 0 Å². The number of β-amino-alcohol motifs (C(OH)–C–C–N with tert-alkyl or cyclic N) is 1. The Bertz CT molecular complexity index is 745. The van der Waals surface area contributed by atoms with Crippen LogP contribution < -0.4 is 15.5 Å². The quantitative estimate of drug-likeness (QED) is 0.715. The average molecular weight is 413 g/mol. The standard InChI is InChI=1S/C19H24N4O2.2ClH/c1-23(2)17-15(9-6-11-21-17)18(25)22-19(10-12-20-13-16(19)24)14-7-4-3-5-8-14;;/h3-9,11,16,20,24H,10,12-13H2,1-2H3,(H,22,25);2*1H/t16-,19+;;/m1../s1. The highest BCUT2D eigenvalue weighted by Crippen LogP contribution is 2.32. The van der Waals surface area contributed by atoms with Crippen LogP contribution in [0.25, 0.3) is 0 Å². The summed E-state index contributed by atoms with van der Waals surface area (Å²) in [5.41, 5.74) is 0.587. The van der Waals surface area contributed by atoms with E-state index in [1.165, 1.54) is 0 Å². The number of rotatable bonds is 4. The van der Waals surface area contributed by atoms with Crippen molar-refractivity contribution in [1.29, 1.82) is 0 Å².